The van der Waals surface area contributed by atoms with Gasteiger partial charge in [-0.05, 0) is 12.1 Å². The lowest BCUT2D eigenvalue weighted by Crippen LogP contribution is -2.16. The van der Waals surface area contributed by atoms with Crippen LogP contribution in [-0.2, 0) is 10.2 Å². The monoisotopic (exact) mass is 318 g/mol. The number of methoxy groups -OCH3 is 1. The molecule has 0 radical (unpaired) electrons. The fraction of sp³-hybridized carbons (Fsp3) is 0.438. The molecule has 1 amide bonds. The third-order valence-corrected chi connectivity index (χ3v) is 3.17. The molecule has 0 saturated heterocycles. The minimum atomic E-state index is -0.322. The highest BCUT2D eigenvalue weighted by Crippen LogP contribution is 2.23. The van der Waals surface area contributed by atoms with E-state index in [-0.39, 0.29) is 17.2 Å². The SMILES string of the molecule is COCCOc1ncccc1C(=O)Nc1cc(C(C)(C)C)[nH]n1. The standard InChI is InChI=1S/C16H22N4O3/c1-16(2,3)12-10-13(20-19-12)18-14(21)11-6-5-7-17-15(11)23-9-8-22-4/h5-7,10H,8-9H2,1-4H3,(H2,18,19,20,21). The summed E-state index contributed by atoms with van der Waals surface area (Å²) in [5.74, 6) is 0.415. The maximum Gasteiger partial charge on any atom is 0.262 e. The number of ether oxygens (including phenoxy) is 2. The second kappa shape index (κ2) is 7.23. The number of aromatic nitrogens is 3. The fourth-order valence-electron chi connectivity index (χ4n) is 1.85. The van der Waals surface area contributed by atoms with E-state index in [4.69, 9.17) is 9.47 Å². The van der Waals surface area contributed by atoms with Crippen molar-refractivity contribution >= 4 is 11.7 Å². The largest absolute Gasteiger partial charge is 0.475 e. The first-order valence-electron chi connectivity index (χ1n) is 7.36. The molecule has 7 heteroatoms. The molecule has 2 aromatic rings. The minimum Gasteiger partial charge on any atom is -0.475 e. The third kappa shape index (κ3) is 4.53. The molecule has 2 rings (SSSR count). The summed E-state index contributed by atoms with van der Waals surface area (Å²) in [4.78, 5) is 16.5. The predicted molar refractivity (Wildman–Crippen MR) is 86.8 cm³/mol. The van der Waals surface area contributed by atoms with Gasteiger partial charge in [0.25, 0.3) is 5.91 Å². The number of carbonyl (C=O) groups is 1. The summed E-state index contributed by atoms with van der Waals surface area (Å²) in [6, 6.07) is 5.16. The number of rotatable bonds is 6. The molecule has 0 atom stereocenters. The van der Waals surface area contributed by atoms with Crippen molar-refractivity contribution in [1.82, 2.24) is 15.2 Å². The number of hydrogen-bond donors (Lipinski definition) is 2. The molecule has 2 heterocycles. The molecule has 0 unspecified atom stereocenters. The van der Waals surface area contributed by atoms with Gasteiger partial charge in [0, 0.05) is 30.5 Å². The Morgan fingerprint density at radius 3 is 2.78 bits per heavy atom. The van der Waals surface area contributed by atoms with Crippen molar-refractivity contribution in [2.75, 3.05) is 25.6 Å². The number of hydrogen-bond acceptors (Lipinski definition) is 5. The highest BCUT2D eigenvalue weighted by Gasteiger charge is 2.19. The lowest BCUT2D eigenvalue weighted by Gasteiger charge is -2.14. The summed E-state index contributed by atoms with van der Waals surface area (Å²) in [6.07, 6.45) is 1.57. The molecule has 2 N–H and O–H groups in total. The van der Waals surface area contributed by atoms with Crippen molar-refractivity contribution in [3.05, 3.63) is 35.7 Å². The number of nitrogens with zero attached hydrogens (tertiary/aromatic N) is 2. The summed E-state index contributed by atoms with van der Waals surface area (Å²) >= 11 is 0. The van der Waals surface area contributed by atoms with E-state index in [0.717, 1.165) is 5.69 Å². The molecule has 124 valence electrons. The number of anilines is 1. The van der Waals surface area contributed by atoms with Gasteiger partial charge in [0.2, 0.25) is 5.88 Å². The Labute approximate surface area is 135 Å². The van der Waals surface area contributed by atoms with Crippen LogP contribution in [0.3, 0.4) is 0 Å². The number of nitrogens with one attached hydrogen (secondary N) is 2. The van der Waals surface area contributed by atoms with Crippen LogP contribution in [0.4, 0.5) is 5.82 Å². The van der Waals surface area contributed by atoms with Gasteiger partial charge in [-0.15, -0.1) is 0 Å². The number of amides is 1. The topological polar surface area (TPSA) is 89.1 Å². The Morgan fingerprint density at radius 1 is 1.35 bits per heavy atom. The van der Waals surface area contributed by atoms with Crippen molar-refractivity contribution < 1.29 is 14.3 Å². The summed E-state index contributed by atoms with van der Waals surface area (Å²) in [7, 11) is 1.58. The summed E-state index contributed by atoms with van der Waals surface area (Å²) in [5, 5.41) is 9.79. The zero-order valence-electron chi connectivity index (χ0n) is 13.8. The van der Waals surface area contributed by atoms with E-state index in [1.807, 2.05) is 6.07 Å². The van der Waals surface area contributed by atoms with E-state index in [9.17, 15) is 4.79 Å². The molecule has 0 fully saturated rings. The highest BCUT2D eigenvalue weighted by atomic mass is 16.5. The van der Waals surface area contributed by atoms with Gasteiger partial charge < -0.3 is 14.8 Å². The van der Waals surface area contributed by atoms with Crippen LogP contribution in [0, 0.1) is 0 Å². The van der Waals surface area contributed by atoms with Gasteiger partial charge in [0.1, 0.15) is 12.2 Å². The molecule has 23 heavy (non-hydrogen) atoms. The normalized spacial score (nSPS) is 11.3. The first-order chi connectivity index (χ1) is 10.9. The molecular formula is C16H22N4O3. The second-order valence-electron chi connectivity index (χ2n) is 6.07. The molecule has 0 saturated carbocycles. The van der Waals surface area contributed by atoms with Crippen molar-refractivity contribution in [2.24, 2.45) is 0 Å². The van der Waals surface area contributed by atoms with Crippen LogP contribution in [0.2, 0.25) is 0 Å². The zero-order chi connectivity index (χ0) is 16.9. The van der Waals surface area contributed by atoms with Gasteiger partial charge in [0.05, 0.1) is 6.61 Å². The van der Waals surface area contributed by atoms with Crippen LogP contribution in [0.1, 0.15) is 36.8 Å². The Morgan fingerprint density at radius 2 is 2.13 bits per heavy atom. The maximum absolute atomic E-state index is 12.4. The van der Waals surface area contributed by atoms with E-state index in [0.29, 0.717) is 24.6 Å². The minimum absolute atomic E-state index is 0.0707. The third-order valence-electron chi connectivity index (χ3n) is 3.17. The Hall–Kier alpha value is -2.41. The lowest BCUT2D eigenvalue weighted by molar-refractivity contribution is 0.101. The molecule has 0 spiro atoms. The van der Waals surface area contributed by atoms with E-state index in [1.165, 1.54) is 0 Å². The number of carbonyl (C=O) groups excluding carboxylic acids is 1. The highest BCUT2D eigenvalue weighted by molar-refractivity contribution is 6.05. The van der Waals surface area contributed by atoms with Gasteiger partial charge in [-0.1, -0.05) is 20.8 Å². The van der Waals surface area contributed by atoms with Gasteiger partial charge in [0.15, 0.2) is 5.82 Å². The second-order valence-corrected chi connectivity index (χ2v) is 6.07. The van der Waals surface area contributed by atoms with Crippen molar-refractivity contribution in [3.63, 3.8) is 0 Å². The summed E-state index contributed by atoms with van der Waals surface area (Å²) in [5.41, 5.74) is 1.22. The quantitative estimate of drug-likeness (QED) is 0.798. The van der Waals surface area contributed by atoms with Crippen molar-refractivity contribution in [1.29, 1.82) is 0 Å². The van der Waals surface area contributed by atoms with Crippen molar-refractivity contribution in [2.45, 2.75) is 26.2 Å². The van der Waals surface area contributed by atoms with Gasteiger partial charge in [-0.2, -0.15) is 5.10 Å². The lowest BCUT2D eigenvalue weighted by atomic mass is 9.92. The molecule has 0 bridgehead atoms. The number of pyridine rings is 1. The van der Waals surface area contributed by atoms with Crippen LogP contribution < -0.4 is 10.1 Å². The number of aromatic amines is 1. The molecule has 0 aromatic carbocycles. The predicted octanol–water partition coefficient (Wildman–Crippen LogP) is 2.38. The van der Waals surface area contributed by atoms with Crippen LogP contribution in [0.25, 0.3) is 0 Å². The average Bonchev–Trinajstić information content (AvgIpc) is 2.96. The Balaban J connectivity index is 2.10. The van der Waals surface area contributed by atoms with Crippen molar-refractivity contribution in [3.8, 4) is 5.88 Å². The van der Waals surface area contributed by atoms with Gasteiger partial charge in [-0.25, -0.2) is 4.98 Å². The first kappa shape index (κ1) is 17.0. The Kier molecular flexibility index (Phi) is 5.33. The van der Waals surface area contributed by atoms with Crippen LogP contribution in [0.5, 0.6) is 5.88 Å². The van der Waals surface area contributed by atoms with Gasteiger partial charge >= 0.3 is 0 Å². The molecule has 7 nitrogen and oxygen atoms in total. The first-order valence-corrected chi connectivity index (χ1v) is 7.36. The number of H-pyrrole nitrogens is 1. The zero-order valence-corrected chi connectivity index (χ0v) is 13.8. The summed E-state index contributed by atoms with van der Waals surface area (Å²) in [6.45, 7) is 6.94. The molecule has 0 aliphatic heterocycles. The van der Waals surface area contributed by atoms with E-state index >= 15 is 0 Å². The average molecular weight is 318 g/mol. The molecule has 2 aromatic heterocycles. The molecule has 0 aliphatic carbocycles. The summed E-state index contributed by atoms with van der Waals surface area (Å²) < 4.78 is 10.4. The van der Waals surface area contributed by atoms with Crippen LogP contribution in [-0.4, -0.2) is 41.4 Å². The fourth-order valence-corrected chi connectivity index (χ4v) is 1.85. The van der Waals surface area contributed by atoms with E-state index < -0.39 is 0 Å². The smallest absolute Gasteiger partial charge is 0.262 e. The van der Waals surface area contributed by atoms with Crippen LogP contribution >= 0.6 is 0 Å². The molecule has 0 aliphatic rings. The van der Waals surface area contributed by atoms with E-state index in [2.05, 4.69) is 41.3 Å². The molecular weight excluding hydrogens is 296 g/mol. The Bertz CT molecular complexity index is 661. The van der Waals surface area contributed by atoms with Gasteiger partial charge in [-0.3, -0.25) is 9.89 Å². The maximum atomic E-state index is 12.4. The van der Waals surface area contributed by atoms with E-state index in [1.54, 1.807) is 25.4 Å². The van der Waals surface area contributed by atoms with Crippen LogP contribution in [0.15, 0.2) is 24.4 Å².